The zero-order valence-electron chi connectivity index (χ0n) is 7.41. The highest BCUT2D eigenvalue weighted by Gasteiger charge is 2.04. The van der Waals surface area contributed by atoms with Crippen LogP contribution in [0.4, 0.5) is 0 Å². The molecule has 0 spiro atoms. The van der Waals surface area contributed by atoms with Crippen molar-refractivity contribution in [3.63, 3.8) is 0 Å². The third kappa shape index (κ3) is 3.38. The van der Waals surface area contributed by atoms with E-state index in [9.17, 15) is 8.42 Å². The Balaban J connectivity index is 2.70. The Hall–Kier alpha value is -0.520. The third-order valence-corrected chi connectivity index (χ3v) is 2.47. The Morgan fingerprint density at radius 1 is 1.62 bits per heavy atom. The Kier molecular flexibility index (Phi) is 3.00. The van der Waals surface area contributed by atoms with Gasteiger partial charge in [0.2, 0.25) is 10.0 Å². The highest BCUT2D eigenvalue weighted by molar-refractivity contribution is 7.88. The van der Waals surface area contributed by atoms with Gasteiger partial charge in [-0.15, -0.1) is 0 Å². The van der Waals surface area contributed by atoms with Crippen molar-refractivity contribution in [1.29, 1.82) is 0 Å². The van der Waals surface area contributed by atoms with Gasteiger partial charge in [0.1, 0.15) is 0 Å². The lowest BCUT2D eigenvalue weighted by Crippen LogP contribution is -2.22. The van der Waals surface area contributed by atoms with E-state index < -0.39 is 10.0 Å². The molecule has 1 heterocycles. The fraction of sp³-hybridized carbons (Fsp3) is 0.429. The maximum atomic E-state index is 10.8. The normalized spacial score (nSPS) is 11.9. The van der Waals surface area contributed by atoms with Crippen LogP contribution in [0, 0.1) is 0 Å². The molecule has 6 heteroatoms. The highest BCUT2D eigenvalue weighted by Crippen LogP contribution is 2.12. The van der Waals surface area contributed by atoms with Crippen LogP contribution in [-0.4, -0.2) is 19.2 Å². The van der Waals surface area contributed by atoms with Crippen molar-refractivity contribution in [1.82, 2.24) is 9.29 Å². The summed E-state index contributed by atoms with van der Waals surface area (Å²) in [5.74, 6) is 0. The van der Waals surface area contributed by atoms with Gasteiger partial charge in [-0.05, 0) is 6.07 Å². The van der Waals surface area contributed by atoms with Crippen molar-refractivity contribution in [2.45, 2.75) is 6.54 Å². The topological polar surface area (TPSA) is 51.1 Å². The van der Waals surface area contributed by atoms with Gasteiger partial charge >= 0.3 is 0 Å². The molecule has 1 aromatic rings. The van der Waals surface area contributed by atoms with Crippen LogP contribution in [0.3, 0.4) is 0 Å². The van der Waals surface area contributed by atoms with Crippen molar-refractivity contribution in [2.24, 2.45) is 7.05 Å². The smallest absolute Gasteiger partial charge is 0.209 e. The van der Waals surface area contributed by atoms with Gasteiger partial charge in [-0.1, -0.05) is 11.6 Å². The first kappa shape index (κ1) is 10.6. The third-order valence-electron chi connectivity index (χ3n) is 1.59. The summed E-state index contributed by atoms with van der Waals surface area (Å²) in [5.41, 5.74) is 0.829. The van der Waals surface area contributed by atoms with Gasteiger partial charge in [0.25, 0.3) is 0 Å². The largest absolute Gasteiger partial charge is 0.352 e. The van der Waals surface area contributed by atoms with Crippen LogP contribution < -0.4 is 4.72 Å². The summed E-state index contributed by atoms with van der Waals surface area (Å²) in [6.45, 7) is 0.266. The van der Waals surface area contributed by atoms with Crippen LogP contribution >= 0.6 is 11.6 Å². The number of sulfonamides is 1. The molecular formula is C7H11ClN2O2S. The molecule has 0 atom stereocenters. The average Bonchev–Trinajstić information content (AvgIpc) is 2.24. The van der Waals surface area contributed by atoms with Crippen molar-refractivity contribution >= 4 is 21.6 Å². The SMILES string of the molecule is Cn1cc(Cl)cc1CNS(C)(=O)=O. The van der Waals surface area contributed by atoms with E-state index in [1.54, 1.807) is 16.8 Å². The summed E-state index contributed by atoms with van der Waals surface area (Å²) < 4.78 is 25.7. The monoisotopic (exact) mass is 222 g/mol. The molecule has 0 aliphatic carbocycles. The predicted octanol–water partition coefficient (Wildman–Crippen LogP) is 0.728. The minimum Gasteiger partial charge on any atom is -0.352 e. The van der Waals surface area contributed by atoms with E-state index in [1.807, 2.05) is 7.05 Å². The van der Waals surface area contributed by atoms with Crippen LogP contribution in [0.15, 0.2) is 12.3 Å². The van der Waals surface area contributed by atoms with E-state index in [4.69, 9.17) is 11.6 Å². The number of nitrogens with one attached hydrogen (secondary N) is 1. The van der Waals surface area contributed by atoms with Crippen LogP contribution in [0.1, 0.15) is 5.69 Å². The molecule has 0 saturated heterocycles. The van der Waals surface area contributed by atoms with Gasteiger partial charge in [0.05, 0.1) is 17.8 Å². The zero-order valence-corrected chi connectivity index (χ0v) is 8.98. The molecule has 13 heavy (non-hydrogen) atoms. The number of aryl methyl sites for hydroxylation is 1. The molecule has 1 rings (SSSR count). The first-order valence-corrected chi connectivity index (χ1v) is 5.91. The van der Waals surface area contributed by atoms with Crippen molar-refractivity contribution < 1.29 is 8.42 Å². The summed E-state index contributed by atoms with van der Waals surface area (Å²) in [6, 6.07) is 1.72. The van der Waals surface area contributed by atoms with E-state index in [0.29, 0.717) is 5.02 Å². The number of aromatic nitrogens is 1. The first-order chi connectivity index (χ1) is 5.88. The van der Waals surface area contributed by atoms with E-state index in [2.05, 4.69) is 4.72 Å². The lowest BCUT2D eigenvalue weighted by atomic mass is 10.4. The van der Waals surface area contributed by atoms with Gasteiger partial charge in [0, 0.05) is 18.9 Å². The zero-order chi connectivity index (χ0) is 10.1. The number of rotatable bonds is 3. The molecule has 74 valence electrons. The molecule has 1 N–H and O–H groups in total. The lowest BCUT2D eigenvalue weighted by molar-refractivity contribution is 0.585. The van der Waals surface area contributed by atoms with Crippen molar-refractivity contribution in [2.75, 3.05) is 6.26 Å². The van der Waals surface area contributed by atoms with E-state index in [-0.39, 0.29) is 6.54 Å². The standard InChI is InChI=1S/C7H11ClN2O2S/c1-10-5-6(8)3-7(10)4-9-13(2,11)12/h3,5,9H,4H2,1-2H3. The molecular weight excluding hydrogens is 212 g/mol. The Morgan fingerprint density at radius 3 is 2.62 bits per heavy atom. The van der Waals surface area contributed by atoms with E-state index >= 15 is 0 Å². The van der Waals surface area contributed by atoms with Crippen molar-refractivity contribution in [3.8, 4) is 0 Å². The maximum absolute atomic E-state index is 10.8. The Labute approximate surface area is 82.6 Å². The number of halogens is 1. The minimum atomic E-state index is -3.14. The van der Waals surface area contributed by atoms with Crippen LogP contribution in [0.25, 0.3) is 0 Å². The molecule has 0 bridgehead atoms. The van der Waals surface area contributed by atoms with E-state index in [1.165, 1.54) is 0 Å². The molecule has 0 fully saturated rings. The summed E-state index contributed by atoms with van der Waals surface area (Å²) in [5, 5.41) is 0.604. The summed E-state index contributed by atoms with van der Waals surface area (Å²) in [7, 11) is -1.33. The molecule has 0 aromatic carbocycles. The Bertz CT molecular complexity index is 397. The fourth-order valence-electron chi connectivity index (χ4n) is 0.947. The summed E-state index contributed by atoms with van der Waals surface area (Å²) >= 11 is 5.72. The highest BCUT2D eigenvalue weighted by atomic mass is 35.5. The molecule has 0 saturated carbocycles. The average molecular weight is 223 g/mol. The molecule has 0 aliphatic rings. The molecule has 4 nitrogen and oxygen atoms in total. The van der Waals surface area contributed by atoms with Crippen LogP contribution in [0.2, 0.25) is 5.02 Å². The van der Waals surface area contributed by atoms with Gasteiger partial charge < -0.3 is 4.57 Å². The molecule has 0 unspecified atom stereocenters. The molecule has 1 aromatic heterocycles. The number of hydrogen-bond donors (Lipinski definition) is 1. The van der Waals surface area contributed by atoms with Crippen LogP contribution in [0.5, 0.6) is 0 Å². The van der Waals surface area contributed by atoms with Crippen LogP contribution in [-0.2, 0) is 23.6 Å². The minimum absolute atomic E-state index is 0.266. The second-order valence-corrected chi connectivity index (χ2v) is 5.12. The Morgan fingerprint density at radius 2 is 2.23 bits per heavy atom. The molecule has 0 aliphatic heterocycles. The summed E-state index contributed by atoms with van der Waals surface area (Å²) in [6.07, 6.45) is 2.85. The van der Waals surface area contributed by atoms with E-state index in [0.717, 1.165) is 11.9 Å². The van der Waals surface area contributed by atoms with Gasteiger partial charge in [-0.2, -0.15) is 0 Å². The quantitative estimate of drug-likeness (QED) is 0.820. The second-order valence-electron chi connectivity index (χ2n) is 2.85. The number of hydrogen-bond acceptors (Lipinski definition) is 2. The van der Waals surface area contributed by atoms with Gasteiger partial charge in [-0.3, -0.25) is 0 Å². The molecule has 0 amide bonds. The maximum Gasteiger partial charge on any atom is 0.209 e. The predicted molar refractivity (Wildman–Crippen MR) is 52.1 cm³/mol. The second kappa shape index (κ2) is 3.69. The van der Waals surface area contributed by atoms with Gasteiger partial charge in [0.15, 0.2) is 0 Å². The molecule has 0 radical (unpaired) electrons. The first-order valence-electron chi connectivity index (χ1n) is 3.64. The van der Waals surface area contributed by atoms with Crippen molar-refractivity contribution in [3.05, 3.63) is 23.0 Å². The number of nitrogens with zero attached hydrogens (tertiary/aromatic N) is 1. The lowest BCUT2D eigenvalue weighted by Gasteiger charge is -2.02. The fourth-order valence-corrected chi connectivity index (χ4v) is 1.63. The summed E-state index contributed by atoms with van der Waals surface area (Å²) in [4.78, 5) is 0. The van der Waals surface area contributed by atoms with Gasteiger partial charge in [-0.25, -0.2) is 13.1 Å².